The van der Waals surface area contributed by atoms with Crippen molar-refractivity contribution in [2.75, 3.05) is 53.2 Å². The van der Waals surface area contributed by atoms with Gasteiger partial charge in [-0.15, -0.1) is 0 Å². The maximum absolute atomic E-state index is 14.1. The Morgan fingerprint density at radius 3 is 2.44 bits per heavy atom. The van der Waals surface area contributed by atoms with Crippen molar-refractivity contribution in [3.63, 3.8) is 0 Å². The summed E-state index contributed by atoms with van der Waals surface area (Å²) in [6.45, 7) is 5.23. The first-order valence-corrected chi connectivity index (χ1v) is 12.5. The number of benzene rings is 2. The highest BCUT2D eigenvalue weighted by molar-refractivity contribution is 5.89. The second-order valence-electron chi connectivity index (χ2n) is 9.26. The van der Waals surface area contributed by atoms with Gasteiger partial charge in [0.15, 0.2) is 0 Å². The Labute approximate surface area is 221 Å². The first-order chi connectivity index (χ1) is 18.7. The Hall–Kier alpha value is -3.61. The monoisotopic (exact) mass is 548 g/mol. The SMILES string of the molecule is COC(=O)c1ccc(Oc2c(C(F)(F)F)oc3c4c(ccc3c2=O)OCN(CCCN2CCOCC2)C4)cc1. The Bertz CT molecular complexity index is 1400. The number of fused-ring (bicyclic) bond motifs is 3. The van der Waals surface area contributed by atoms with Crippen LogP contribution in [0.15, 0.2) is 45.6 Å². The van der Waals surface area contributed by atoms with E-state index in [9.17, 15) is 22.8 Å². The summed E-state index contributed by atoms with van der Waals surface area (Å²) >= 11 is 0. The van der Waals surface area contributed by atoms with Crippen LogP contribution >= 0.6 is 0 Å². The number of alkyl halides is 3. The van der Waals surface area contributed by atoms with Gasteiger partial charge in [0.1, 0.15) is 23.8 Å². The molecule has 2 aromatic carbocycles. The highest BCUT2D eigenvalue weighted by Crippen LogP contribution is 2.41. The summed E-state index contributed by atoms with van der Waals surface area (Å²) in [5.41, 5.74) is -0.599. The van der Waals surface area contributed by atoms with Crippen LogP contribution in [0.2, 0.25) is 0 Å². The van der Waals surface area contributed by atoms with Gasteiger partial charge >= 0.3 is 12.1 Å². The van der Waals surface area contributed by atoms with Crippen LogP contribution < -0.4 is 14.9 Å². The Morgan fingerprint density at radius 2 is 1.74 bits per heavy atom. The van der Waals surface area contributed by atoms with Crippen molar-refractivity contribution in [2.45, 2.75) is 19.1 Å². The Morgan fingerprint density at radius 1 is 1.03 bits per heavy atom. The summed E-state index contributed by atoms with van der Waals surface area (Å²) in [7, 11) is 1.21. The van der Waals surface area contributed by atoms with E-state index in [4.69, 9.17) is 18.6 Å². The van der Waals surface area contributed by atoms with E-state index in [1.807, 2.05) is 4.90 Å². The number of methoxy groups -OCH3 is 1. The molecule has 9 nitrogen and oxygen atoms in total. The minimum atomic E-state index is -5.01. The number of halogens is 3. The number of ether oxygens (including phenoxy) is 4. The fraction of sp³-hybridized carbons (Fsp3) is 0.407. The molecule has 0 radical (unpaired) electrons. The zero-order valence-electron chi connectivity index (χ0n) is 21.2. The van der Waals surface area contributed by atoms with Crippen molar-refractivity contribution in [1.82, 2.24) is 9.80 Å². The Balaban J connectivity index is 1.43. The third-order valence-electron chi connectivity index (χ3n) is 6.67. The quantitative estimate of drug-likeness (QED) is 0.402. The topological polar surface area (TPSA) is 90.7 Å². The molecule has 1 saturated heterocycles. The van der Waals surface area contributed by atoms with Crippen LogP contribution in [0.25, 0.3) is 11.0 Å². The maximum Gasteiger partial charge on any atom is 0.453 e. The molecule has 39 heavy (non-hydrogen) atoms. The van der Waals surface area contributed by atoms with Gasteiger partial charge in [0.25, 0.3) is 5.76 Å². The summed E-state index contributed by atoms with van der Waals surface area (Å²) in [4.78, 5) is 29.2. The lowest BCUT2D eigenvalue weighted by Gasteiger charge is -2.31. The van der Waals surface area contributed by atoms with Gasteiger partial charge in [-0.05, 0) is 49.4 Å². The standard InChI is InChI=1S/C27H27F3N2O7/c1-35-26(34)17-3-5-18(6-4-17)38-24-22(33)19-7-8-21-20(23(19)39-25(24)27(28,29)30)15-32(16-37-21)10-2-9-31-11-13-36-14-12-31/h3-8H,2,9-16H2,1H3. The normalized spacial score (nSPS) is 16.5. The zero-order chi connectivity index (χ0) is 27.6. The highest BCUT2D eigenvalue weighted by atomic mass is 19.4. The van der Waals surface area contributed by atoms with Gasteiger partial charge in [-0.1, -0.05) is 0 Å². The molecule has 0 spiro atoms. The second kappa shape index (κ2) is 11.2. The van der Waals surface area contributed by atoms with Crippen molar-refractivity contribution < 1.29 is 41.3 Å². The lowest BCUT2D eigenvalue weighted by atomic mass is 10.1. The number of esters is 1. The first kappa shape index (κ1) is 27.0. The van der Waals surface area contributed by atoms with E-state index in [2.05, 4.69) is 9.64 Å². The fourth-order valence-electron chi connectivity index (χ4n) is 4.65. The average Bonchev–Trinajstić information content (AvgIpc) is 2.94. The van der Waals surface area contributed by atoms with E-state index >= 15 is 0 Å². The molecule has 0 amide bonds. The van der Waals surface area contributed by atoms with E-state index < -0.39 is 29.1 Å². The van der Waals surface area contributed by atoms with Gasteiger partial charge < -0.3 is 23.4 Å². The molecule has 0 bridgehead atoms. The number of carbonyl (C=O) groups excluding carboxylic acids is 1. The molecule has 0 atom stereocenters. The molecule has 3 aromatic rings. The number of morpholine rings is 1. The number of hydrogen-bond acceptors (Lipinski definition) is 9. The smallest absolute Gasteiger partial charge is 0.453 e. The summed E-state index contributed by atoms with van der Waals surface area (Å²) < 4.78 is 68.8. The molecule has 1 aromatic heterocycles. The van der Waals surface area contributed by atoms with Crippen LogP contribution in [-0.4, -0.2) is 69.0 Å². The lowest BCUT2D eigenvalue weighted by Crippen LogP contribution is -2.39. The first-order valence-electron chi connectivity index (χ1n) is 12.5. The number of nitrogens with zero attached hydrogens (tertiary/aromatic N) is 2. The molecule has 0 saturated carbocycles. The van der Waals surface area contributed by atoms with E-state index in [-0.39, 0.29) is 35.6 Å². The van der Waals surface area contributed by atoms with Gasteiger partial charge in [-0.25, -0.2) is 4.79 Å². The van der Waals surface area contributed by atoms with Gasteiger partial charge in [-0.3, -0.25) is 14.6 Å². The molecular formula is C27H27F3N2O7. The minimum absolute atomic E-state index is 0.0540. The Kier molecular flexibility index (Phi) is 7.78. The van der Waals surface area contributed by atoms with Crippen molar-refractivity contribution >= 4 is 16.9 Å². The third kappa shape index (κ3) is 5.87. The average molecular weight is 549 g/mol. The third-order valence-corrected chi connectivity index (χ3v) is 6.67. The van der Waals surface area contributed by atoms with Gasteiger partial charge in [0, 0.05) is 26.2 Å². The lowest BCUT2D eigenvalue weighted by molar-refractivity contribution is -0.154. The van der Waals surface area contributed by atoms with Crippen molar-refractivity contribution in [1.29, 1.82) is 0 Å². The van der Waals surface area contributed by atoms with Crippen molar-refractivity contribution in [2.24, 2.45) is 0 Å². The molecule has 5 rings (SSSR count). The van der Waals surface area contributed by atoms with Gasteiger partial charge in [0.05, 0.1) is 36.8 Å². The van der Waals surface area contributed by atoms with Crippen LogP contribution in [0.5, 0.6) is 17.2 Å². The van der Waals surface area contributed by atoms with Gasteiger partial charge in [-0.2, -0.15) is 13.2 Å². The maximum atomic E-state index is 14.1. The van der Waals surface area contributed by atoms with E-state index in [1.54, 1.807) is 6.07 Å². The molecule has 3 heterocycles. The summed E-state index contributed by atoms with van der Waals surface area (Å²) in [6.07, 6.45) is -4.17. The molecule has 2 aliphatic rings. The molecule has 2 aliphatic heterocycles. The van der Waals surface area contributed by atoms with E-state index in [1.165, 1.54) is 37.4 Å². The van der Waals surface area contributed by atoms with Crippen molar-refractivity contribution in [3.05, 3.63) is 63.5 Å². The second-order valence-corrected chi connectivity index (χ2v) is 9.26. The molecule has 12 heteroatoms. The largest absolute Gasteiger partial charge is 0.478 e. The van der Waals surface area contributed by atoms with Crippen molar-refractivity contribution in [3.8, 4) is 17.2 Å². The van der Waals surface area contributed by atoms with Crippen LogP contribution in [0.3, 0.4) is 0 Å². The van der Waals surface area contributed by atoms with E-state index in [0.717, 1.165) is 26.1 Å². The fourth-order valence-corrected chi connectivity index (χ4v) is 4.65. The molecule has 208 valence electrons. The molecular weight excluding hydrogens is 521 g/mol. The van der Waals surface area contributed by atoms with E-state index in [0.29, 0.717) is 31.1 Å². The number of hydrogen-bond donors (Lipinski definition) is 0. The molecule has 0 unspecified atom stereocenters. The zero-order valence-corrected chi connectivity index (χ0v) is 21.2. The summed E-state index contributed by atoms with van der Waals surface area (Å²) in [6, 6.07) is 8.11. The summed E-state index contributed by atoms with van der Waals surface area (Å²) in [5, 5.41) is -0.0540. The predicted molar refractivity (Wildman–Crippen MR) is 133 cm³/mol. The van der Waals surface area contributed by atoms with Crippen LogP contribution in [0.1, 0.15) is 28.1 Å². The summed E-state index contributed by atoms with van der Waals surface area (Å²) in [5.74, 6) is -2.86. The molecule has 0 aliphatic carbocycles. The highest BCUT2D eigenvalue weighted by Gasteiger charge is 2.41. The van der Waals surface area contributed by atoms with Crippen LogP contribution in [0, 0.1) is 0 Å². The molecule has 1 fully saturated rings. The number of carbonyl (C=O) groups is 1. The molecule has 0 N–H and O–H groups in total. The van der Waals surface area contributed by atoms with Gasteiger partial charge in [0.2, 0.25) is 11.2 Å². The van der Waals surface area contributed by atoms with Crippen LogP contribution in [0.4, 0.5) is 13.2 Å². The number of rotatable bonds is 7. The van der Waals surface area contributed by atoms with Crippen LogP contribution in [-0.2, 0) is 22.2 Å². The predicted octanol–water partition coefficient (Wildman–Crippen LogP) is 4.26. The minimum Gasteiger partial charge on any atom is -0.478 e.